The van der Waals surface area contributed by atoms with Crippen molar-refractivity contribution in [3.8, 4) is 0 Å². The molecule has 0 unspecified atom stereocenters. The molecule has 2 amide bonds. The molecule has 0 radical (unpaired) electrons. The fraction of sp³-hybridized carbons (Fsp3) is 0.440. The highest BCUT2D eigenvalue weighted by Gasteiger charge is 2.23. The zero-order chi connectivity index (χ0) is 21.9. The fourth-order valence-corrected chi connectivity index (χ4v) is 3.24. The predicted octanol–water partition coefficient (Wildman–Crippen LogP) is 4.49. The predicted molar refractivity (Wildman–Crippen MR) is 123 cm³/mol. The zero-order valence-corrected chi connectivity index (χ0v) is 18.8. The molecule has 0 bridgehead atoms. The van der Waals surface area contributed by atoms with Crippen LogP contribution in [0.25, 0.3) is 6.08 Å². The minimum Gasteiger partial charge on any atom is -0.353 e. The number of hydrogen-bond acceptors (Lipinski definition) is 2. The second kappa shape index (κ2) is 12.0. The van der Waals surface area contributed by atoms with Crippen LogP contribution in [0.4, 0.5) is 0 Å². The van der Waals surface area contributed by atoms with Crippen LogP contribution in [0.1, 0.15) is 51.3 Å². The van der Waals surface area contributed by atoms with E-state index in [0.29, 0.717) is 13.1 Å². The van der Waals surface area contributed by atoms with Gasteiger partial charge in [0.1, 0.15) is 6.54 Å². The van der Waals surface area contributed by atoms with E-state index in [1.165, 1.54) is 0 Å². The Balaban J connectivity index is 2.13. The summed E-state index contributed by atoms with van der Waals surface area (Å²) in [6, 6.07) is 13.7. The molecule has 5 heteroatoms. The van der Waals surface area contributed by atoms with Crippen LogP contribution >= 0.6 is 0 Å². The summed E-state index contributed by atoms with van der Waals surface area (Å²) in [7, 11) is 1.99. The number of nitrogens with zero attached hydrogens (tertiary/aromatic N) is 3. The van der Waals surface area contributed by atoms with E-state index in [0.717, 1.165) is 30.5 Å². The maximum atomic E-state index is 13.2. The van der Waals surface area contributed by atoms with Crippen LogP contribution in [0, 0.1) is 0 Å². The molecule has 1 aromatic carbocycles. The molecular formula is C25H35N3O2. The van der Waals surface area contributed by atoms with Crippen molar-refractivity contribution >= 4 is 17.9 Å². The van der Waals surface area contributed by atoms with Gasteiger partial charge in [-0.05, 0) is 43.5 Å². The van der Waals surface area contributed by atoms with E-state index >= 15 is 0 Å². The summed E-state index contributed by atoms with van der Waals surface area (Å²) in [6.45, 7) is 7.51. The number of aryl methyl sites for hydroxylation is 1. The molecule has 1 aromatic heterocycles. The van der Waals surface area contributed by atoms with E-state index in [9.17, 15) is 9.59 Å². The molecule has 0 aliphatic rings. The van der Waals surface area contributed by atoms with Gasteiger partial charge >= 0.3 is 0 Å². The van der Waals surface area contributed by atoms with Gasteiger partial charge in [-0.25, -0.2) is 0 Å². The van der Waals surface area contributed by atoms with Gasteiger partial charge in [-0.15, -0.1) is 0 Å². The summed E-state index contributed by atoms with van der Waals surface area (Å²) in [5.74, 6) is -0.137. The average molecular weight is 410 g/mol. The Labute approximate surface area is 181 Å². The first-order valence-electron chi connectivity index (χ1n) is 10.9. The number of unbranched alkanes of at least 4 members (excludes halogenated alkanes) is 1. The summed E-state index contributed by atoms with van der Waals surface area (Å²) in [6.07, 6.45) is 8.13. The maximum absolute atomic E-state index is 13.2. The molecule has 2 aromatic rings. The third-order valence-corrected chi connectivity index (χ3v) is 5.47. The Morgan fingerprint density at radius 1 is 1.10 bits per heavy atom. The van der Waals surface area contributed by atoms with Crippen LogP contribution in [-0.2, 0) is 23.2 Å². The van der Waals surface area contributed by atoms with Crippen molar-refractivity contribution in [2.24, 2.45) is 7.05 Å². The van der Waals surface area contributed by atoms with E-state index in [1.54, 1.807) is 17.1 Å². The Kier molecular flexibility index (Phi) is 9.39. The number of rotatable bonds is 11. The van der Waals surface area contributed by atoms with Crippen molar-refractivity contribution in [1.29, 1.82) is 0 Å². The molecule has 30 heavy (non-hydrogen) atoms. The second-order valence-corrected chi connectivity index (χ2v) is 7.75. The molecule has 5 nitrogen and oxygen atoms in total. The lowest BCUT2D eigenvalue weighted by Gasteiger charge is -2.30. The number of aromatic nitrogens is 1. The van der Waals surface area contributed by atoms with E-state index in [2.05, 4.69) is 6.92 Å². The lowest BCUT2D eigenvalue weighted by atomic mass is 10.1. The van der Waals surface area contributed by atoms with Gasteiger partial charge < -0.3 is 14.4 Å². The van der Waals surface area contributed by atoms with Crippen molar-refractivity contribution in [1.82, 2.24) is 14.4 Å². The number of amides is 2. The molecule has 1 atom stereocenters. The molecule has 2 rings (SSSR count). The molecule has 0 aliphatic carbocycles. The van der Waals surface area contributed by atoms with E-state index in [1.807, 2.05) is 79.0 Å². The number of carbonyl (C=O) groups is 2. The van der Waals surface area contributed by atoms with Gasteiger partial charge in [0.05, 0.1) is 6.54 Å². The van der Waals surface area contributed by atoms with Crippen LogP contribution in [0.3, 0.4) is 0 Å². The average Bonchev–Trinajstić information content (AvgIpc) is 3.17. The highest BCUT2D eigenvalue weighted by Crippen LogP contribution is 2.11. The molecule has 1 heterocycles. The molecule has 0 spiro atoms. The highest BCUT2D eigenvalue weighted by atomic mass is 16.2. The third kappa shape index (κ3) is 6.90. The van der Waals surface area contributed by atoms with Gasteiger partial charge in [0.2, 0.25) is 11.8 Å². The smallest absolute Gasteiger partial charge is 0.247 e. The van der Waals surface area contributed by atoms with Crippen molar-refractivity contribution in [2.75, 3.05) is 13.1 Å². The first-order chi connectivity index (χ1) is 14.5. The van der Waals surface area contributed by atoms with E-state index < -0.39 is 0 Å². The van der Waals surface area contributed by atoms with Crippen LogP contribution in [0.5, 0.6) is 0 Å². The van der Waals surface area contributed by atoms with Gasteiger partial charge in [0.15, 0.2) is 0 Å². The normalized spacial score (nSPS) is 12.1. The number of benzene rings is 1. The van der Waals surface area contributed by atoms with Crippen LogP contribution in [0.15, 0.2) is 54.7 Å². The van der Waals surface area contributed by atoms with Crippen LogP contribution in [-0.4, -0.2) is 45.3 Å². The molecule has 0 saturated carbocycles. The quantitative estimate of drug-likeness (QED) is 0.513. The summed E-state index contributed by atoms with van der Waals surface area (Å²) in [5, 5.41) is 0. The van der Waals surface area contributed by atoms with Gasteiger partial charge in [-0.1, -0.05) is 50.6 Å². The van der Waals surface area contributed by atoms with Crippen LogP contribution < -0.4 is 0 Å². The standard InChI is InChI=1S/C25H35N3O2/c1-5-7-18-27(19-23-14-11-17-26(23)4)25(30)20-28(21(3)6-2)24(29)16-15-22-12-9-8-10-13-22/h8-17,21H,5-7,18-20H2,1-4H3/b16-15+/t21-/m1/s1. The van der Waals surface area contributed by atoms with Crippen molar-refractivity contribution < 1.29 is 9.59 Å². The second-order valence-electron chi connectivity index (χ2n) is 7.75. The van der Waals surface area contributed by atoms with Crippen LogP contribution in [0.2, 0.25) is 0 Å². The van der Waals surface area contributed by atoms with Gasteiger partial charge in [0, 0.05) is 37.6 Å². The molecular weight excluding hydrogens is 374 g/mol. The Hall–Kier alpha value is -2.82. The minimum atomic E-state index is -0.129. The molecule has 0 saturated heterocycles. The summed E-state index contributed by atoms with van der Waals surface area (Å²) < 4.78 is 2.03. The lowest BCUT2D eigenvalue weighted by Crippen LogP contribution is -2.46. The van der Waals surface area contributed by atoms with Crippen molar-refractivity contribution in [3.05, 3.63) is 66.0 Å². The highest BCUT2D eigenvalue weighted by molar-refractivity contribution is 5.94. The Morgan fingerprint density at radius 3 is 2.43 bits per heavy atom. The van der Waals surface area contributed by atoms with Gasteiger partial charge in [-0.3, -0.25) is 9.59 Å². The monoisotopic (exact) mass is 409 g/mol. The molecule has 0 N–H and O–H groups in total. The molecule has 0 fully saturated rings. The molecule has 162 valence electrons. The van der Waals surface area contributed by atoms with Gasteiger partial charge in [-0.2, -0.15) is 0 Å². The first kappa shape index (κ1) is 23.5. The zero-order valence-electron chi connectivity index (χ0n) is 18.8. The van der Waals surface area contributed by atoms with Gasteiger partial charge in [0.25, 0.3) is 0 Å². The Morgan fingerprint density at radius 2 is 1.83 bits per heavy atom. The number of hydrogen-bond donors (Lipinski definition) is 0. The summed E-state index contributed by atoms with van der Waals surface area (Å²) in [4.78, 5) is 29.7. The minimum absolute atomic E-state index is 0.00795. The topological polar surface area (TPSA) is 45.6 Å². The van der Waals surface area contributed by atoms with Crippen molar-refractivity contribution in [2.45, 2.75) is 52.6 Å². The molecule has 0 aliphatic heterocycles. The summed E-state index contributed by atoms with van der Waals surface area (Å²) in [5.41, 5.74) is 2.06. The lowest BCUT2D eigenvalue weighted by molar-refractivity contribution is -0.140. The fourth-order valence-electron chi connectivity index (χ4n) is 3.24. The van der Waals surface area contributed by atoms with E-state index in [-0.39, 0.29) is 24.4 Å². The van der Waals surface area contributed by atoms with E-state index in [4.69, 9.17) is 0 Å². The summed E-state index contributed by atoms with van der Waals surface area (Å²) >= 11 is 0. The maximum Gasteiger partial charge on any atom is 0.247 e. The third-order valence-electron chi connectivity index (χ3n) is 5.47. The van der Waals surface area contributed by atoms with Crippen molar-refractivity contribution in [3.63, 3.8) is 0 Å². The SMILES string of the molecule is CCCCN(Cc1cccn1C)C(=O)CN(C(=O)/C=C/c1ccccc1)[C@H](C)CC. The number of carbonyl (C=O) groups excluding carboxylic acids is 2. The first-order valence-corrected chi connectivity index (χ1v) is 10.9. The largest absolute Gasteiger partial charge is 0.353 e. The Bertz CT molecular complexity index is 826.